The van der Waals surface area contributed by atoms with Gasteiger partial charge in [-0.05, 0) is 49.2 Å². The molecule has 33 heavy (non-hydrogen) atoms. The summed E-state index contributed by atoms with van der Waals surface area (Å²) in [6.45, 7) is 3.75. The topological polar surface area (TPSA) is 54.3 Å². The average Bonchev–Trinajstić information content (AvgIpc) is 2.86. The zero-order valence-corrected chi connectivity index (χ0v) is 19.3. The van der Waals surface area contributed by atoms with Crippen molar-refractivity contribution in [2.75, 3.05) is 31.1 Å². The first-order valence-electron chi connectivity index (χ1n) is 11.2. The number of aromatic nitrogens is 3. The Morgan fingerprint density at radius 2 is 1.61 bits per heavy atom. The molecular formula is C26H28ClN5O. The second-order valence-electron chi connectivity index (χ2n) is 8.22. The maximum atomic E-state index is 12.9. The monoisotopic (exact) mass is 461 g/mol. The molecule has 0 saturated carbocycles. The van der Waals surface area contributed by atoms with Crippen molar-refractivity contribution < 1.29 is 0 Å². The molecule has 5 rings (SSSR count). The maximum Gasteiger partial charge on any atom is 0.261 e. The van der Waals surface area contributed by atoms with Gasteiger partial charge in [0.15, 0.2) is 0 Å². The van der Waals surface area contributed by atoms with Gasteiger partial charge in [0.05, 0.1) is 17.2 Å². The highest BCUT2D eigenvalue weighted by Gasteiger charge is 2.22. The Hall–Kier alpha value is -3.22. The minimum atomic E-state index is 0. The van der Waals surface area contributed by atoms with Crippen LogP contribution in [0.5, 0.6) is 0 Å². The standard InChI is InChI=1S/C26H27N5O.ClH/c32-26-23-10-4-5-11-24(23)28-20-31(26)22-13-16-29(17-14-22)18-19-30(21-8-2-1-3-9-21)25-12-6-7-15-27-25;/h1-12,15,20,22H,13-14,16-19H2;1H. The Bertz CT molecular complexity index is 1180. The maximum absolute atomic E-state index is 12.9. The molecule has 0 radical (unpaired) electrons. The molecule has 1 aliphatic heterocycles. The molecule has 0 unspecified atom stereocenters. The summed E-state index contributed by atoms with van der Waals surface area (Å²) in [5.41, 5.74) is 1.98. The van der Waals surface area contributed by atoms with Crippen molar-refractivity contribution in [1.29, 1.82) is 0 Å². The molecule has 2 aromatic carbocycles. The number of likely N-dealkylation sites (tertiary alicyclic amines) is 1. The number of rotatable bonds is 6. The Labute approximate surface area is 199 Å². The first kappa shape index (κ1) is 23.0. The van der Waals surface area contributed by atoms with Crippen LogP contribution < -0.4 is 10.5 Å². The van der Waals surface area contributed by atoms with Gasteiger partial charge in [0.2, 0.25) is 0 Å². The van der Waals surface area contributed by atoms with E-state index in [1.165, 1.54) is 0 Å². The molecule has 0 amide bonds. The molecule has 3 heterocycles. The quantitative estimate of drug-likeness (QED) is 0.417. The van der Waals surface area contributed by atoms with E-state index in [1.807, 2.05) is 53.2 Å². The van der Waals surface area contributed by atoms with Gasteiger partial charge in [0, 0.05) is 44.1 Å². The Balaban J connectivity index is 0.00000259. The van der Waals surface area contributed by atoms with Crippen molar-refractivity contribution in [2.45, 2.75) is 18.9 Å². The normalized spacial score (nSPS) is 14.7. The zero-order chi connectivity index (χ0) is 21.8. The van der Waals surface area contributed by atoms with Crippen LogP contribution in [0.1, 0.15) is 18.9 Å². The molecule has 0 bridgehead atoms. The zero-order valence-electron chi connectivity index (χ0n) is 18.5. The van der Waals surface area contributed by atoms with Crippen molar-refractivity contribution in [3.05, 3.63) is 95.7 Å². The number of nitrogens with zero attached hydrogens (tertiary/aromatic N) is 5. The number of halogens is 1. The van der Waals surface area contributed by atoms with Gasteiger partial charge < -0.3 is 9.80 Å². The van der Waals surface area contributed by atoms with E-state index in [-0.39, 0.29) is 24.0 Å². The molecular weight excluding hydrogens is 434 g/mol. The molecule has 0 aliphatic carbocycles. The van der Waals surface area contributed by atoms with Crippen LogP contribution in [-0.2, 0) is 0 Å². The number of piperidine rings is 1. The second kappa shape index (κ2) is 10.6. The van der Waals surface area contributed by atoms with Crippen LogP contribution in [0.25, 0.3) is 10.9 Å². The fourth-order valence-corrected chi connectivity index (χ4v) is 4.50. The summed E-state index contributed by atoms with van der Waals surface area (Å²) in [6.07, 6.45) is 5.47. The van der Waals surface area contributed by atoms with Crippen LogP contribution in [0.4, 0.5) is 11.5 Å². The van der Waals surface area contributed by atoms with Crippen LogP contribution in [0.3, 0.4) is 0 Å². The number of para-hydroxylation sites is 2. The highest BCUT2D eigenvalue weighted by molar-refractivity contribution is 5.85. The third-order valence-corrected chi connectivity index (χ3v) is 6.27. The number of hydrogen-bond acceptors (Lipinski definition) is 5. The Morgan fingerprint density at radius 3 is 2.36 bits per heavy atom. The van der Waals surface area contributed by atoms with Gasteiger partial charge in [0.25, 0.3) is 5.56 Å². The van der Waals surface area contributed by atoms with Gasteiger partial charge in [-0.1, -0.05) is 36.4 Å². The molecule has 4 aromatic rings. The van der Waals surface area contributed by atoms with Crippen LogP contribution in [0.15, 0.2) is 90.1 Å². The van der Waals surface area contributed by atoms with E-state index in [1.54, 1.807) is 6.33 Å². The summed E-state index contributed by atoms with van der Waals surface area (Å²) in [6, 6.07) is 24.2. The molecule has 1 fully saturated rings. The average molecular weight is 462 g/mol. The van der Waals surface area contributed by atoms with Gasteiger partial charge in [-0.15, -0.1) is 12.4 Å². The van der Waals surface area contributed by atoms with Crippen LogP contribution in [-0.4, -0.2) is 45.6 Å². The van der Waals surface area contributed by atoms with E-state index in [4.69, 9.17) is 0 Å². The van der Waals surface area contributed by atoms with Crippen molar-refractivity contribution in [1.82, 2.24) is 19.4 Å². The summed E-state index contributed by atoms with van der Waals surface area (Å²) >= 11 is 0. The molecule has 1 saturated heterocycles. The molecule has 0 atom stereocenters. The predicted octanol–water partition coefficient (Wildman–Crippen LogP) is 4.69. The molecule has 7 heteroatoms. The molecule has 2 aromatic heterocycles. The third-order valence-electron chi connectivity index (χ3n) is 6.27. The fraction of sp³-hybridized carbons (Fsp3) is 0.269. The molecule has 1 aliphatic rings. The molecule has 170 valence electrons. The van der Waals surface area contributed by atoms with E-state index >= 15 is 0 Å². The van der Waals surface area contributed by atoms with Crippen molar-refractivity contribution >= 4 is 34.8 Å². The highest BCUT2D eigenvalue weighted by Crippen LogP contribution is 2.25. The summed E-state index contributed by atoms with van der Waals surface area (Å²) in [7, 11) is 0. The molecule has 6 nitrogen and oxygen atoms in total. The number of benzene rings is 2. The van der Waals surface area contributed by atoms with Crippen LogP contribution in [0.2, 0.25) is 0 Å². The minimum Gasteiger partial charge on any atom is -0.325 e. The lowest BCUT2D eigenvalue weighted by atomic mass is 10.0. The van der Waals surface area contributed by atoms with Crippen LogP contribution >= 0.6 is 12.4 Å². The van der Waals surface area contributed by atoms with E-state index < -0.39 is 0 Å². The third kappa shape index (κ3) is 5.07. The lowest BCUT2D eigenvalue weighted by Gasteiger charge is -2.34. The summed E-state index contributed by atoms with van der Waals surface area (Å²) in [5, 5.41) is 0.700. The van der Waals surface area contributed by atoms with Gasteiger partial charge in [0.1, 0.15) is 5.82 Å². The predicted molar refractivity (Wildman–Crippen MR) is 136 cm³/mol. The lowest BCUT2D eigenvalue weighted by molar-refractivity contribution is 0.188. The van der Waals surface area contributed by atoms with Gasteiger partial charge >= 0.3 is 0 Å². The van der Waals surface area contributed by atoms with Crippen molar-refractivity contribution in [2.24, 2.45) is 0 Å². The van der Waals surface area contributed by atoms with E-state index in [0.29, 0.717) is 5.39 Å². The first-order chi connectivity index (χ1) is 15.8. The Morgan fingerprint density at radius 1 is 0.879 bits per heavy atom. The summed E-state index contributed by atoms with van der Waals surface area (Å²) in [4.78, 5) is 26.7. The lowest BCUT2D eigenvalue weighted by Crippen LogP contribution is -2.40. The van der Waals surface area contributed by atoms with Crippen molar-refractivity contribution in [3.63, 3.8) is 0 Å². The number of fused-ring (bicyclic) bond motifs is 1. The van der Waals surface area contributed by atoms with E-state index in [2.05, 4.69) is 50.1 Å². The molecule has 0 spiro atoms. The SMILES string of the molecule is Cl.O=c1c2ccccc2ncn1C1CCN(CCN(c2ccccc2)c2ccccn2)CC1. The van der Waals surface area contributed by atoms with Gasteiger partial charge in [-0.2, -0.15) is 0 Å². The number of hydrogen-bond donors (Lipinski definition) is 0. The minimum absolute atomic E-state index is 0. The molecule has 0 N–H and O–H groups in total. The smallest absolute Gasteiger partial charge is 0.261 e. The van der Waals surface area contributed by atoms with Gasteiger partial charge in [-0.25, -0.2) is 9.97 Å². The Kier molecular flexibility index (Phi) is 7.37. The number of anilines is 2. The summed E-state index contributed by atoms with van der Waals surface area (Å²) < 4.78 is 1.84. The summed E-state index contributed by atoms with van der Waals surface area (Å²) in [5.74, 6) is 0.961. The van der Waals surface area contributed by atoms with E-state index in [9.17, 15) is 4.79 Å². The highest BCUT2D eigenvalue weighted by atomic mass is 35.5. The van der Waals surface area contributed by atoms with Crippen molar-refractivity contribution in [3.8, 4) is 0 Å². The second-order valence-corrected chi connectivity index (χ2v) is 8.22. The first-order valence-corrected chi connectivity index (χ1v) is 11.2. The number of pyridine rings is 1. The fourth-order valence-electron chi connectivity index (χ4n) is 4.50. The van der Waals surface area contributed by atoms with E-state index in [0.717, 1.165) is 56.0 Å². The largest absolute Gasteiger partial charge is 0.325 e. The van der Waals surface area contributed by atoms with Gasteiger partial charge in [-0.3, -0.25) is 9.36 Å². The van der Waals surface area contributed by atoms with Crippen LogP contribution in [0, 0.1) is 0 Å².